The van der Waals surface area contributed by atoms with E-state index in [9.17, 15) is 4.79 Å². The molecule has 2 N–H and O–H groups in total. The number of nitrogens with zero attached hydrogens (tertiary/aromatic N) is 1. The number of nitrogens with two attached hydrogens (primary N) is 1. The van der Waals surface area contributed by atoms with Crippen molar-refractivity contribution in [2.75, 3.05) is 17.2 Å². The Hall–Kier alpha value is -1.33. The number of carbonyl (C=O) groups is 1. The van der Waals surface area contributed by atoms with Crippen LogP contribution >= 0.6 is 27.3 Å². The quantitative estimate of drug-likeness (QED) is 0.807. The van der Waals surface area contributed by atoms with Crippen LogP contribution in [-0.2, 0) is 6.42 Å². The lowest BCUT2D eigenvalue weighted by molar-refractivity contribution is 0.0989. The van der Waals surface area contributed by atoms with Gasteiger partial charge in [-0.2, -0.15) is 0 Å². The van der Waals surface area contributed by atoms with Crippen LogP contribution < -0.4 is 10.6 Å². The summed E-state index contributed by atoms with van der Waals surface area (Å²) in [6.07, 6.45) is 1.97. The number of carbonyl (C=O) groups excluding carboxylic acids is 1. The van der Waals surface area contributed by atoms with Crippen molar-refractivity contribution < 1.29 is 4.79 Å². The molecule has 1 aliphatic heterocycles. The minimum atomic E-state index is 0.0708. The summed E-state index contributed by atoms with van der Waals surface area (Å²) in [5.41, 5.74) is 8.72. The Morgan fingerprint density at radius 3 is 2.89 bits per heavy atom. The predicted octanol–water partition coefficient (Wildman–Crippen LogP) is 3.69. The van der Waals surface area contributed by atoms with E-state index in [1.165, 1.54) is 11.3 Å². The molecular weight excluding hydrogens is 324 g/mol. The average Bonchev–Trinajstić information content (AvgIpc) is 2.83. The lowest BCUT2D eigenvalue weighted by Crippen LogP contribution is -2.35. The summed E-state index contributed by atoms with van der Waals surface area (Å²) in [6, 6.07) is 9.55. The highest BCUT2D eigenvalue weighted by Gasteiger charge is 2.24. The van der Waals surface area contributed by atoms with E-state index in [0.717, 1.165) is 45.0 Å². The number of thiophene rings is 1. The molecule has 3 rings (SSSR count). The molecule has 1 amide bonds. The van der Waals surface area contributed by atoms with Gasteiger partial charge in [0.1, 0.15) is 0 Å². The molecule has 0 unspecified atom stereocenters. The molecule has 19 heavy (non-hydrogen) atoms. The van der Waals surface area contributed by atoms with Gasteiger partial charge in [-0.25, -0.2) is 0 Å². The second kappa shape index (κ2) is 4.98. The van der Waals surface area contributed by atoms with Crippen molar-refractivity contribution in [2.24, 2.45) is 0 Å². The molecule has 5 heteroatoms. The molecule has 0 saturated heterocycles. The molecule has 0 radical (unpaired) electrons. The Kier molecular flexibility index (Phi) is 3.33. The number of hydrogen-bond acceptors (Lipinski definition) is 3. The van der Waals surface area contributed by atoms with Gasteiger partial charge in [0.15, 0.2) is 0 Å². The van der Waals surface area contributed by atoms with Gasteiger partial charge in [-0.05, 0) is 64.7 Å². The third kappa shape index (κ3) is 2.40. The second-order valence-electron chi connectivity index (χ2n) is 4.55. The number of amides is 1. The number of anilines is 2. The highest BCUT2D eigenvalue weighted by Crippen LogP contribution is 2.31. The van der Waals surface area contributed by atoms with Crippen molar-refractivity contribution in [3.8, 4) is 0 Å². The maximum atomic E-state index is 12.5. The molecule has 0 aliphatic carbocycles. The molecule has 0 bridgehead atoms. The number of hydrogen-bond donors (Lipinski definition) is 1. The first-order valence-electron chi connectivity index (χ1n) is 6.11. The summed E-state index contributed by atoms with van der Waals surface area (Å²) < 4.78 is 0.977. The Bertz CT molecular complexity index is 638. The highest BCUT2D eigenvalue weighted by atomic mass is 79.9. The van der Waals surface area contributed by atoms with E-state index in [-0.39, 0.29) is 5.91 Å². The van der Waals surface area contributed by atoms with Gasteiger partial charge in [-0.1, -0.05) is 0 Å². The largest absolute Gasteiger partial charge is 0.399 e. The number of benzene rings is 1. The van der Waals surface area contributed by atoms with Gasteiger partial charge >= 0.3 is 0 Å². The van der Waals surface area contributed by atoms with E-state index in [1.807, 2.05) is 35.2 Å². The topological polar surface area (TPSA) is 46.3 Å². The molecule has 0 spiro atoms. The fourth-order valence-corrected chi connectivity index (χ4v) is 3.73. The van der Waals surface area contributed by atoms with Crippen LogP contribution in [0.3, 0.4) is 0 Å². The van der Waals surface area contributed by atoms with Crippen molar-refractivity contribution in [1.29, 1.82) is 0 Å². The zero-order valence-corrected chi connectivity index (χ0v) is 12.6. The standard InChI is InChI=1S/C14H13BrN2OS/c15-13-6-5-12(19-13)14(18)17-7-1-2-9-8-10(16)3-4-11(9)17/h3-6,8H,1-2,7,16H2. The Balaban J connectivity index is 1.97. The molecule has 1 aromatic heterocycles. The van der Waals surface area contributed by atoms with Gasteiger partial charge in [-0.3, -0.25) is 4.79 Å². The minimum Gasteiger partial charge on any atom is -0.399 e. The molecule has 98 valence electrons. The summed E-state index contributed by atoms with van der Waals surface area (Å²) in [5, 5.41) is 0. The fraction of sp³-hybridized carbons (Fsp3) is 0.214. The van der Waals surface area contributed by atoms with Crippen LogP contribution in [0.25, 0.3) is 0 Å². The molecule has 0 saturated carbocycles. The first-order valence-corrected chi connectivity index (χ1v) is 7.72. The Morgan fingerprint density at radius 2 is 2.16 bits per heavy atom. The third-order valence-corrected chi connectivity index (χ3v) is 4.86. The smallest absolute Gasteiger partial charge is 0.268 e. The average molecular weight is 337 g/mol. The number of rotatable bonds is 1. The first-order chi connectivity index (χ1) is 9.15. The molecule has 1 aliphatic rings. The maximum absolute atomic E-state index is 12.5. The van der Waals surface area contributed by atoms with E-state index in [1.54, 1.807) is 0 Å². The van der Waals surface area contributed by atoms with Gasteiger partial charge in [-0.15, -0.1) is 11.3 Å². The van der Waals surface area contributed by atoms with Crippen molar-refractivity contribution in [1.82, 2.24) is 0 Å². The Labute approximate surface area is 124 Å². The SMILES string of the molecule is Nc1ccc2c(c1)CCCN2C(=O)c1ccc(Br)s1. The van der Waals surface area contributed by atoms with Crippen LogP contribution in [0.4, 0.5) is 11.4 Å². The monoisotopic (exact) mass is 336 g/mol. The van der Waals surface area contributed by atoms with E-state index < -0.39 is 0 Å². The lowest BCUT2D eigenvalue weighted by atomic mass is 10.0. The van der Waals surface area contributed by atoms with Crippen LogP contribution in [0.1, 0.15) is 21.7 Å². The predicted molar refractivity (Wildman–Crippen MR) is 82.9 cm³/mol. The Morgan fingerprint density at radius 1 is 1.32 bits per heavy atom. The van der Waals surface area contributed by atoms with Crippen LogP contribution in [0.5, 0.6) is 0 Å². The lowest BCUT2D eigenvalue weighted by Gasteiger charge is -2.29. The number of nitrogen functional groups attached to an aromatic ring is 1. The number of halogens is 1. The van der Waals surface area contributed by atoms with Gasteiger partial charge < -0.3 is 10.6 Å². The minimum absolute atomic E-state index is 0.0708. The summed E-state index contributed by atoms with van der Waals surface area (Å²) in [7, 11) is 0. The number of fused-ring (bicyclic) bond motifs is 1. The van der Waals surface area contributed by atoms with E-state index in [0.29, 0.717) is 0 Å². The second-order valence-corrected chi connectivity index (χ2v) is 7.02. The van der Waals surface area contributed by atoms with E-state index >= 15 is 0 Å². The van der Waals surface area contributed by atoms with Crippen molar-refractivity contribution >= 4 is 44.5 Å². The zero-order chi connectivity index (χ0) is 13.4. The zero-order valence-electron chi connectivity index (χ0n) is 10.2. The summed E-state index contributed by atoms with van der Waals surface area (Å²) >= 11 is 4.87. The molecule has 0 atom stereocenters. The third-order valence-electron chi connectivity index (χ3n) is 3.25. The van der Waals surface area contributed by atoms with Crippen molar-refractivity contribution in [2.45, 2.75) is 12.8 Å². The van der Waals surface area contributed by atoms with Gasteiger partial charge in [0.2, 0.25) is 0 Å². The summed E-state index contributed by atoms with van der Waals surface area (Å²) in [6.45, 7) is 0.769. The first kappa shape index (κ1) is 12.7. The molecule has 2 heterocycles. The maximum Gasteiger partial charge on any atom is 0.268 e. The van der Waals surface area contributed by atoms with Gasteiger partial charge in [0, 0.05) is 17.9 Å². The summed E-state index contributed by atoms with van der Waals surface area (Å²) in [4.78, 5) is 15.2. The molecule has 3 nitrogen and oxygen atoms in total. The molecule has 2 aromatic rings. The van der Waals surface area contributed by atoms with E-state index in [4.69, 9.17) is 5.73 Å². The molecule has 0 fully saturated rings. The van der Waals surface area contributed by atoms with E-state index in [2.05, 4.69) is 15.9 Å². The van der Waals surface area contributed by atoms with Crippen molar-refractivity contribution in [3.63, 3.8) is 0 Å². The van der Waals surface area contributed by atoms with Crippen LogP contribution in [0, 0.1) is 0 Å². The molecular formula is C14H13BrN2OS. The van der Waals surface area contributed by atoms with Crippen LogP contribution in [0.2, 0.25) is 0 Å². The van der Waals surface area contributed by atoms with Crippen LogP contribution in [-0.4, -0.2) is 12.5 Å². The normalized spacial score (nSPS) is 14.3. The van der Waals surface area contributed by atoms with Crippen LogP contribution in [0.15, 0.2) is 34.1 Å². The van der Waals surface area contributed by atoms with Gasteiger partial charge in [0.05, 0.1) is 8.66 Å². The fourth-order valence-electron chi connectivity index (χ4n) is 2.39. The highest BCUT2D eigenvalue weighted by molar-refractivity contribution is 9.11. The summed E-state index contributed by atoms with van der Waals surface area (Å²) in [5.74, 6) is 0.0708. The van der Waals surface area contributed by atoms with Crippen molar-refractivity contribution in [3.05, 3.63) is 44.6 Å². The molecule has 1 aromatic carbocycles. The number of aryl methyl sites for hydroxylation is 1. The van der Waals surface area contributed by atoms with Gasteiger partial charge in [0.25, 0.3) is 5.91 Å².